The molecule has 1 aromatic carbocycles. The molecule has 2 heteroatoms. The Balaban J connectivity index is 1.64. The van der Waals surface area contributed by atoms with E-state index in [0.717, 1.165) is 34.7 Å². The van der Waals surface area contributed by atoms with Crippen molar-refractivity contribution in [2.45, 2.75) is 25.7 Å². The molecule has 2 fully saturated rings. The second-order valence-electron chi connectivity index (χ2n) is 5.20. The Hall–Kier alpha value is -0.630. The molecule has 0 aliphatic heterocycles. The van der Waals surface area contributed by atoms with Gasteiger partial charge in [0.15, 0.2) is 0 Å². The number of carbonyl (C=O) groups excluding carboxylic acids is 1. The molecule has 0 amide bonds. The van der Waals surface area contributed by atoms with Crippen LogP contribution < -0.4 is 0 Å². The molecule has 1 aromatic rings. The number of fused-ring (bicyclic) bond motifs is 1. The topological polar surface area (TPSA) is 17.1 Å². The molecule has 0 radical (unpaired) electrons. The molecule has 0 aromatic heterocycles. The lowest BCUT2D eigenvalue weighted by molar-refractivity contribution is -0.122. The maximum atomic E-state index is 12.1. The van der Waals surface area contributed by atoms with Gasteiger partial charge in [0, 0.05) is 16.8 Å². The van der Waals surface area contributed by atoms with Crippen molar-refractivity contribution in [1.29, 1.82) is 0 Å². The van der Waals surface area contributed by atoms with Gasteiger partial charge in [-0.15, -0.1) is 0 Å². The van der Waals surface area contributed by atoms with E-state index >= 15 is 0 Å². The quantitative estimate of drug-likeness (QED) is 0.826. The van der Waals surface area contributed by atoms with Gasteiger partial charge in [-0.2, -0.15) is 0 Å². The molecule has 0 N–H and O–H groups in total. The average molecular weight is 279 g/mol. The van der Waals surface area contributed by atoms with Crippen LogP contribution in [0.25, 0.3) is 0 Å². The predicted octanol–water partition coefficient (Wildman–Crippen LogP) is 3.61. The van der Waals surface area contributed by atoms with Crippen LogP contribution in [0.3, 0.4) is 0 Å². The third-order valence-electron chi connectivity index (χ3n) is 3.97. The van der Waals surface area contributed by atoms with Gasteiger partial charge in [0.05, 0.1) is 0 Å². The highest BCUT2D eigenvalue weighted by molar-refractivity contribution is 9.10. The number of halogens is 1. The van der Waals surface area contributed by atoms with Crippen LogP contribution in [0, 0.1) is 17.8 Å². The molecular formula is C14H15BrO. The first kappa shape index (κ1) is 10.5. The number of rotatable bonds is 3. The van der Waals surface area contributed by atoms with Crippen molar-refractivity contribution in [2.75, 3.05) is 0 Å². The number of hydrogen-bond donors (Lipinski definition) is 0. The second-order valence-corrected chi connectivity index (χ2v) is 6.11. The van der Waals surface area contributed by atoms with E-state index in [0.29, 0.717) is 18.1 Å². The summed E-state index contributed by atoms with van der Waals surface area (Å²) in [5, 5.41) is 0. The van der Waals surface area contributed by atoms with Crippen LogP contribution in [-0.4, -0.2) is 5.78 Å². The minimum absolute atomic E-state index is 0.364. The molecule has 0 saturated heterocycles. The number of ketones is 1. The van der Waals surface area contributed by atoms with E-state index in [4.69, 9.17) is 0 Å². The van der Waals surface area contributed by atoms with E-state index in [1.54, 1.807) is 0 Å². The van der Waals surface area contributed by atoms with Gasteiger partial charge in [0.1, 0.15) is 5.78 Å². The maximum absolute atomic E-state index is 12.1. The first-order valence-electron chi connectivity index (χ1n) is 5.99. The van der Waals surface area contributed by atoms with E-state index < -0.39 is 0 Å². The van der Waals surface area contributed by atoms with E-state index in [1.165, 1.54) is 6.42 Å². The standard InChI is InChI=1S/C14H15BrO/c15-13-3-1-2-9(4-13)5-14(16)12-7-10-6-11(10)8-12/h1-4,10-12H,5-8H2. The summed E-state index contributed by atoms with van der Waals surface area (Å²) in [6.07, 6.45) is 4.33. The van der Waals surface area contributed by atoms with Crippen LogP contribution in [0.4, 0.5) is 0 Å². The van der Waals surface area contributed by atoms with E-state index in [9.17, 15) is 4.79 Å². The Morgan fingerprint density at radius 3 is 2.69 bits per heavy atom. The Bertz CT molecular complexity index is 416. The molecule has 0 spiro atoms. The highest BCUT2D eigenvalue weighted by Crippen LogP contribution is 2.54. The zero-order valence-electron chi connectivity index (χ0n) is 9.16. The van der Waals surface area contributed by atoms with Crippen molar-refractivity contribution in [3.05, 3.63) is 34.3 Å². The van der Waals surface area contributed by atoms with Crippen LogP contribution in [0.1, 0.15) is 24.8 Å². The fourth-order valence-electron chi connectivity index (χ4n) is 2.97. The smallest absolute Gasteiger partial charge is 0.140 e. The summed E-state index contributed by atoms with van der Waals surface area (Å²) in [7, 11) is 0. The lowest BCUT2D eigenvalue weighted by Crippen LogP contribution is -2.15. The second kappa shape index (κ2) is 3.99. The maximum Gasteiger partial charge on any atom is 0.140 e. The molecule has 2 atom stereocenters. The summed E-state index contributed by atoms with van der Waals surface area (Å²) in [4.78, 5) is 12.1. The summed E-state index contributed by atoms with van der Waals surface area (Å²) in [6.45, 7) is 0. The van der Waals surface area contributed by atoms with Crippen molar-refractivity contribution in [1.82, 2.24) is 0 Å². The lowest BCUT2D eigenvalue weighted by atomic mass is 9.94. The number of hydrogen-bond acceptors (Lipinski definition) is 1. The zero-order valence-corrected chi connectivity index (χ0v) is 10.7. The largest absolute Gasteiger partial charge is 0.299 e. The van der Waals surface area contributed by atoms with Crippen molar-refractivity contribution < 1.29 is 4.79 Å². The highest BCUT2D eigenvalue weighted by Gasteiger charge is 2.47. The van der Waals surface area contributed by atoms with Gasteiger partial charge < -0.3 is 0 Å². The predicted molar refractivity (Wildman–Crippen MR) is 67.2 cm³/mol. The monoisotopic (exact) mass is 278 g/mol. The Labute approximate surface area is 104 Å². The van der Waals surface area contributed by atoms with Crippen LogP contribution in [-0.2, 0) is 11.2 Å². The molecule has 1 nitrogen and oxygen atoms in total. The van der Waals surface area contributed by atoms with Gasteiger partial charge in [0.25, 0.3) is 0 Å². The normalized spacial score (nSPS) is 31.2. The van der Waals surface area contributed by atoms with Crippen molar-refractivity contribution in [3.63, 3.8) is 0 Å². The fourth-order valence-corrected chi connectivity index (χ4v) is 3.42. The summed E-state index contributed by atoms with van der Waals surface area (Å²) in [6, 6.07) is 8.09. The van der Waals surface area contributed by atoms with Gasteiger partial charge in [-0.1, -0.05) is 28.1 Å². The minimum Gasteiger partial charge on any atom is -0.299 e. The minimum atomic E-state index is 0.364. The van der Waals surface area contributed by atoms with Gasteiger partial charge in [0.2, 0.25) is 0 Å². The van der Waals surface area contributed by atoms with Gasteiger partial charge in [-0.25, -0.2) is 0 Å². The number of Topliss-reactive ketones (excluding diaryl/α,β-unsaturated/α-hetero) is 1. The van der Waals surface area contributed by atoms with Crippen molar-refractivity contribution >= 4 is 21.7 Å². The Morgan fingerprint density at radius 1 is 1.25 bits per heavy atom. The molecule has 0 bridgehead atoms. The van der Waals surface area contributed by atoms with E-state index in [-0.39, 0.29) is 0 Å². The molecule has 2 unspecified atom stereocenters. The molecular weight excluding hydrogens is 264 g/mol. The number of benzene rings is 1. The average Bonchev–Trinajstić information content (AvgIpc) is 2.86. The lowest BCUT2D eigenvalue weighted by Gasteiger charge is -2.10. The van der Waals surface area contributed by atoms with Crippen molar-refractivity contribution in [3.8, 4) is 0 Å². The van der Waals surface area contributed by atoms with Crippen LogP contribution in [0.5, 0.6) is 0 Å². The first-order chi connectivity index (χ1) is 7.72. The highest BCUT2D eigenvalue weighted by atomic mass is 79.9. The van der Waals surface area contributed by atoms with Crippen LogP contribution >= 0.6 is 15.9 Å². The molecule has 3 rings (SSSR count). The van der Waals surface area contributed by atoms with Crippen molar-refractivity contribution in [2.24, 2.45) is 17.8 Å². The molecule has 84 valence electrons. The molecule has 2 aliphatic rings. The Morgan fingerprint density at radius 2 is 2.00 bits per heavy atom. The molecule has 2 aliphatic carbocycles. The van der Waals surface area contributed by atoms with E-state index in [2.05, 4.69) is 15.9 Å². The summed E-state index contributed by atoms with van der Waals surface area (Å²) >= 11 is 3.44. The van der Waals surface area contributed by atoms with Gasteiger partial charge >= 0.3 is 0 Å². The Kier molecular flexibility index (Phi) is 2.62. The summed E-state index contributed by atoms with van der Waals surface area (Å²) in [5.41, 5.74) is 1.14. The molecule has 2 saturated carbocycles. The zero-order chi connectivity index (χ0) is 11.1. The molecule has 0 heterocycles. The summed E-state index contributed by atoms with van der Waals surface area (Å²) in [5.74, 6) is 2.61. The van der Waals surface area contributed by atoms with E-state index in [1.807, 2.05) is 24.3 Å². The fraction of sp³-hybridized carbons (Fsp3) is 0.500. The first-order valence-corrected chi connectivity index (χ1v) is 6.79. The number of carbonyl (C=O) groups is 1. The third-order valence-corrected chi connectivity index (χ3v) is 4.46. The van der Waals surface area contributed by atoms with Gasteiger partial charge in [-0.3, -0.25) is 4.79 Å². The van der Waals surface area contributed by atoms with Crippen LogP contribution in [0.15, 0.2) is 28.7 Å². The summed E-state index contributed by atoms with van der Waals surface area (Å²) < 4.78 is 1.06. The van der Waals surface area contributed by atoms with Crippen LogP contribution in [0.2, 0.25) is 0 Å². The third kappa shape index (κ3) is 2.08. The van der Waals surface area contributed by atoms with Gasteiger partial charge in [-0.05, 0) is 48.8 Å². The molecule has 16 heavy (non-hydrogen) atoms. The SMILES string of the molecule is O=C(Cc1cccc(Br)c1)C1CC2CC2C1.